The van der Waals surface area contributed by atoms with Crippen molar-refractivity contribution in [3.05, 3.63) is 46.6 Å². The van der Waals surface area contributed by atoms with Gasteiger partial charge in [-0.2, -0.15) is 18.3 Å². The summed E-state index contributed by atoms with van der Waals surface area (Å²) in [4.78, 5) is 17.2. The van der Waals surface area contributed by atoms with E-state index >= 15 is 0 Å². The van der Waals surface area contributed by atoms with Gasteiger partial charge in [0.2, 0.25) is 0 Å². The third-order valence-electron chi connectivity index (χ3n) is 6.57. The average Bonchev–Trinajstić information content (AvgIpc) is 3.36. The number of carbonyl (C=O) groups excluding carboxylic acids is 1. The van der Waals surface area contributed by atoms with Crippen LogP contribution in [0.1, 0.15) is 47.4 Å². The molecule has 0 saturated carbocycles. The van der Waals surface area contributed by atoms with Gasteiger partial charge in [0.05, 0.1) is 6.04 Å². The predicted molar refractivity (Wildman–Crippen MR) is 110 cm³/mol. The lowest BCUT2D eigenvalue weighted by atomic mass is 9.97. The van der Waals surface area contributed by atoms with Gasteiger partial charge in [-0.1, -0.05) is 41.9 Å². The number of nitrogens with zero attached hydrogens (tertiary/aromatic N) is 4. The number of aromatic nitrogens is 2. The van der Waals surface area contributed by atoms with Gasteiger partial charge in [-0.3, -0.25) is 9.69 Å². The quantitative estimate of drug-likeness (QED) is 0.743. The summed E-state index contributed by atoms with van der Waals surface area (Å²) in [6.45, 7) is 2.88. The molecule has 31 heavy (non-hydrogen) atoms. The summed E-state index contributed by atoms with van der Waals surface area (Å²) in [5.41, 5.74) is 0.615. The van der Waals surface area contributed by atoms with Crippen LogP contribution in [0.5, 0.6) is 0 Å². The highest BCUT2D eigenvalue weighted by molar-refractivity contribution is 6.36. The van der Waals surface area contributed by atoms with Crippen LogP contribution in [0, 0.1) is 0 Å². The van der Waals surface area contributed by atoms with Crippen LogP contribution < -0.4 is 5.32 Å². The average molecular weight is 454 g/mol. The number of anilines is 1. The number of benzene rings is 1. The van der Waals surface area contributed by atoms with Gasteiger partial charge in [0.15, 0.2) is 11.7 Å². The molecule has 5 rings (SSSR count). The Morgan fingerprint density at radius 1 is 1.16 bits per heavy atom. The van der Waals surface area contributed by atoms with Crippen molar-refractivity contribution in [1.82, 2.24) is 19.6 Å². The zero-order valence-corrected chi connectivity index (χ0v) is 17.5. The highest BCUT2D eigenvalue weighted by atomic mass is 35.5. The van der Waals surface area contributed by atoms with Gasteiger partial charge in [0, 0.05) is 32.1 Å². The SMILES string of the molecule is O=C(c1nn2c(c1Cl)N[C@H](c1ccccc1)C[C@@H]2C(F)(F)F)N1CCN2CCC[C@@H]2C1. The fourth-order valence-electron chi connectivity index (χ4n) is 4.96. The van der Waals surface area contributed by atoms with Gasteiger partial charge in [-0.15, -0.1) is 0 Å². The molecule has 3 atom stereocenters. The molecule has 10 heteroatoms. The zero-order valence-electron chi connectivity index (χ0n) is 16.8. The number of halogens is 4. The second-order valence-corrected chi connectivity index (χ2v) is 8.82. The van der Waals surface area contributed by atoms with Crippen LogP contribution in [0.25, 0.3) is 0 Å². The molecular weight excluding hydrogens is 431 g/mol. The molecule has 6 nitrogen and oxygen atoms in total. The number of carbonyl (C=O) groups is 1. The molecule has 166 valence electrons. The second-order valence-electron chi connectivity index (χ2n) is 8.44. The van der Waals surface area contributed by atoms with E-state index in [2.05, 4.69) is 15.3 Å². The molecule has 0 unspecified atom stereocenters. The minimum absolute atomic E-state index is 0.0475. The van der Waals surface area contributed by atoms with Crippen molar-refractivity contribution in [3.8, 4) is 0 Å². The van der Waals surface area contributed by atoms with Crippen molar-refractivity contribution in [2.75, 3.05) is 31.5 Å². The first kappa shape index (κ1) is 20.6. The highest BCUT2D eigenvalue weighted by Gasteiger charge is 2.48. The molecule has 1 aromatic heterocycles. The van der Waals surface area contributed by atoms with Crippen molar-refractivity contribution >= 4 is 23.3 Å². The summed E-state index contributed by atoms with van der Waals surface area (Å²) in [6.07, 6.45) is -2.63. The summed E-state index contributed by atoms with van der Waals surface area (Å²) >= 11 is 6.46. The van der Waals surface area contributed by atoms with E-state index in [9.17, 15) is 18.0 Å². The Morgan fingerprint density at radius 2 is 1.94 bits per heavy atom. The van der Waals surface area contributed by atoms with Gasteiger partial charge >= 0.3 is 6.18 Å². The largest absolute Gasteiger partial charge is 0.410 e. The standard InChI is InChI=1S/C21H23ClF3N5O/c22-17-18(20(31)29-10-9-28-8-4-7-14(28)12-29)27-30-16(21(23,24)25)11-15(26-19(17)30)13-5-2-1-3-6-13/h1-3,5-6,14-16,26H,4,7-12H2/t14-,15+,16-/m1/s1. The monoisotopic (exact) mass is 453 g/mol. The molecule has 0 aliphatic carbocycles. The smallest absolute Gasteiger partial charge is 0.362 e. The molecule has 4 heterocycles. The van der Waals surface area contributed by atoms with E-state index in [1.807, 2.05) is 6.07 Å². The summed E-state index contributed by atoms with van der Waals surface area (Å²) in [7, 11) is 0. The van der Waals surface area contributed by atoms with Crippen molar-refractivity contribution in [2.24, 2.45) is 0 Å². The molecule has 1 N–H and O–H groups in total. The Balaban J connectivity index is 1.47. The lowest BCUT2D eigenvalue weighted by Gasteiger charge is -2.37. The number of amides is 1. The molecular formula is C21H23ClF3N5O. The Morgan fingerprint density at radius 3 is 2.68 bits per heavy atom. The predicted octanol–water partition coefficient (Wildman–Crippen LogP) is 4.12. The maximum atomic E-state index is 13.9. The van der Waals surface area contributed by atoms with Crippen molar-refractivity contribution in [2.45, 2.75) is 43.6 Å². The van der Waals surface area contributed by atoms with Crippen LogP contribution >= 0.6 is 11.6 Å². The number of fused-ring (bicyclic) bond motifs is 2. The van der Waals surface area contributed by atoms with E-state index in [0.29, 0.717) is 19.1 Å². The van der Waals surface area contributed by atoms with Crippen molar-refractivity contribution < 1.29 is 18.0 Å². The van der Waals surface area contributed by atoms with Crippen LogP contribution in [0.4, 0.5) is 19.0 Å². The number of nitrogens with one attached hydrogen (secondary N) is 1. The molecule has 0 spiro atoms. The third kappa shape index (κ3) is 3.67. The molecule has 0 radical (unpaired) electrons. The summed E-state index contributed by atoms with van der Waals surface area (Å²) in [5.74, 6) is -0.357. The van der Waals surface area contributed by atoms with Crippen LogP contribution in [-0.2, 0) is 0 Å². The lowest BCUT2D eigenvalue weighted by Crippen LogP contribution is -2.52. The van der Waals surface area contributed by atoms with E-state index in [0.717, 1.165) is 36.2 Å². The molecule has 1 aromatic carbocycles. The molecule has 2 saturated heterocycles. The first-order valence-corrected chi connectivity index (χ1v) is 10.9. The van der Waals surface area contributed by atoms with E-state index in [-0.39, 0.29) is 23.0 Å². The van der Waals surface area contributed by atoms with Crippen LogP contribution in [0.3, 0.4) is 0 Å². The van der Waals surface area contributed by atoms with Crippen molar-refractivity contribution in [3.63, 3.8) is 0 Å². The van der Waals surface area contributed by atoms with Gasteiger partial charge in [0.25, 0.3) is 5.91 Å². The molecule has 1 amide bonds. The van der Waals surface area contributed by atoms with Crippen LogP contribution in [-0.4, -0.2) is 63.9 Å². The van der Waals surface area contributed by atoms with Gasteiger partial charge in [-0.25, -0.2) is 4.68 Å². The Bertz CT molecular complexity index is 979. The lowest BCUT2D eigenvalue weighted by molar-refractivity contribution is -0.173. The van der Waals surface area contributed by atoms with Gasteiger partial charge in [-0.05, 0) is 24.9 Å². The Kier molecular flexibility index (Phi) is 5.13. The van der Waals surface area contributed by atoms with E-state index < -0.39 is 24.2 Å². The summed E-state index contributed by atoms with van der Waals surface area (Å²) in [6, 6.07) is 6.79. The minimum atomic E-state index is -4.52. The Labute approximate surface area is 182 Å². The zero-order chi connectivity index (χ0) is 21.8. The van der Waals surface area contributed by atoms with E-state index in [1.165, 1.54) is 0 Å². The van der Waals surface area contributed by atoms with Crippen molar-refractivity contribution in [1.29, 1.82) is 0 Å². The number of piperazine rings is 1. The minimum Gasteiger partial charge on any atom is -0.362 e. The van der Waals surface area contributed by atoms with E-state index in [4.69, 9.17) is 11.6 Å². The Hall–Kier alpha value is -2.26. The highest BCUT2D eigenvalue weighted by Crippen LogP contribution is 2.46. The van der Waals surface area contributed by atoms with Crippen LogP contribution in [0.2, 0.25) is 5.02 Å². The third-order valence-corrected chi connectivity index (χ3v) is 6.93. The van der Waals surface area contributed by atoms with E-state index in [1.54, 1.807) is 29.2 Å². The van der Waals surface area contributed by atoms with Crippen LogP contribution in [0.15, 0.2) is 30.3 Å². The maximum absolute atomic E-state index is 13.9. The normalized spacial score (nSPS) is 26.3. The summed E-state index contributed by atoms with van der Waals surface area (Å²) in [5, 5.41) is 7.13. The molecule has 3 aliphatic rings. The first-order valence-electron chi connectivity index (χ1n) is 10.5. The maximum Gasteiger partial charge on any atom is 0.410 e. The second kappa shape index (κ2) is 7.70. The number of alkyl halides is 3. The molecule has 0 bridgehead atoms. The molecule has 2 fully saturated rings. The number of rotatable bonds is 2. The first-order chi connectivity index (χ1) is 14.8. The molecule has 3 aliphatic heterocycles. The fraction of sp³-hybridized carbons (Fsp3) is 0.524. The molecule has 2 aromatic rings. The van der Waals surface area contributed by atoms with Gasteiger partial charge < -0.3 is 10.2 Å². The topological polar surface area (TPSA) is 53.4 Å². The summed E-state index contributed by atoms with van der Waals surface area (Å²) < 4.78 is 42.6. The fourth-order valence-corrected chi connectivity index (χ4v) is 5.22. The number of hydrogen-bond acceptors (Lipinski definition) is 4. The number of hydrogen-bond donors (Lipinski definition) is 1. The van der Waals surface area contributed by atoms with Gasteiger partial charge in [0.1, 0.15) is 10.8 Å².